The van der Waals surface area contributed by atoms with Crippen LogP contribution in [-0.2, 0) is 32.5 Å². The molecule has 3 aromatic carbocycles. The lowest BCUT2D eigenvalue weighted by Gasteiger charge is -2.28. The SMILES string of the molecule is COc1ccc(CCn2c(=O)n(CCCN3CCc4ccccc4C3)c(=O)c3ccccc32)cc1. The Bertz CT molecular complexity index is 1440. The molecule has 1 aliphatic heterocycles. The highest BCUT2D eigenvalue weighted by atomic mass is 16.5. The van der Waals surface area contributed by atoms with Crippen LogP contribution in [0.15, 0.2) is 82.4 Å². The zero-order valence-electron chi connectivity index (χ0n) is 20.2. The second-order valence-corrected chi connectivity index (χ2v) is 9.15. The smallest absolute Gasteiger partial charge is 0.331 e. The second-order valence-electron chi connectivity index (χ2n) is 9.15. The average molecular weight is 470 g/mol. The Kier molecular flexibility index (Phi) is 6.82. The van der Waals surface area contributed by atoms with Crippen LogP contribution in [0, 0.1) is 0 Å². The molecule has 0 N–H and O–H groups in total. The first-order valence-corrected chi connectivity index (χ1v) is 12.3. The Labute approximate surface area is 205 Å². The number of methoxy groups -OCH3 is 1. The summed E-state index contributed by atoms with van der Waals surface area (Å²) in [7, 11) is 1.65. The normalized spacial score (nSPS) is 13.6. The highest BCUT2D eigenvalue weighted by molar-refractivity contribution is 5.77. The zero-order chi connectivity index (χ0) is 24.2. The van der Waals surface area contributed by atoms with Gasteiger partial charge in [-0.3, -0.25) is 18.8 Å². The van der Waals surface area contributed by atoms with E-state index in [4.69, 9.17) is 4.74 Å². The second kappa shape index (κ2) is 10.3. The van der Waals surface area contributed by atoms with E-state index in [1.807, 2.05) is 48.5 Å². The molecule has 5 rings (SSSR count). The third-order valence-corrected chi connectivity index (χ3v) is 6.98. The van der Waals surface area contributed by atoms with Crippen molar-refractivity contribution in [2.24, 2.45) is 0 Å². The minimum atomic E-state index is -0.230. The lowest BCUT2D eigenvalue weighted by molar-refractivity contribution is 0.245. The first-order chi connectivity index (χ1) is 17.1. The summed E-state index contributed by atoms with van der Waals surface area (Å²) in [6, 6.07) is 23.9. The Morgan fingerprint density at radius 1 is 0.800 bits per heavy atom. The maximum atomic E-state index is 13.5. The summed E-state index contributed by atoms with van der Waals surface area (Å²) < 4.78 is 8.41. The van der Waals surface area contributed by atoms with Gasteiger partial charge >= 0.3 is 5.69 Å². The van der Waals surface area contributed by atoms with Crippen LogP contribution >= 0.6 is 0 Å². The van der Waals surface area contributed by atoms with Gasteiger partial charge in [-0.25, -0.2) is 4.79 Å². The van der Waals surface area contributed by atoms with Crippen LogP contribution in [0.1, 0.15) is 23.1 Å². The van der Waals surface area contributed by atoms with Crippen LogP contribution in [0.4, 0.5) is 0 Å². The summed E-state index contributed by atoms with van der Waals surface area (Å²) in [5.41, 5.74) is 4.18. The van der Waals surface area contributed by atoms with Gasteiger partial charge in [-0.2, -0.15) is 0 Å². The standard InChI is InChI=1S/C29H31N3O3/c1-35-25-13-11-22(12-14-25)15-20-31-27-10-5-4-9-26(27)28(33)32(29(31)34)18-6-17-30-19-16-23-7-2-3-8-24(23)21-30/h2-5,7-14H,6,15-21H2,1H3. The van der Waals surface area contributed by atoms with Gasteiger partial charge in [0, 0.05) is 32.7 Å². The van der Waals surface area contributed by atoms with Crippen molar-refractivity contribution in [2.45, 2.75) is 38.9 Å². The highest BCUT2D eigenvalue weighted by Crippen LogP contribution is 2.18. The molecule has 0 atom stereocenters. The van der Waals surface area contributed by atoms with Crippen LogP contribution < -0.4 is 16.0 Å². The Morgan fingerprint density at radius 3 is 2.34 bits per heavy atom. The van der Waals surface area contributed by atoms with Crippen LogP contribution in [0.5, 0.6) is 5.75 Å². The van der Waals surface area contributed by atoms with Crippen molar-refractivity contribution in [3.05, 3.63) is 110 Å². The van der Waals surface area contributed by atoms with E-state index in [9.17, 15) is 9.59 Å². The molecular weight excluding hydrogens is 438 g/mol. The summed E-state index contributed by atoms with van der Waals surface area (Å²) in [5.74, 6) is 0.808. The summed E-state index contributed by atoms with van der Waals surface area (Å²) >= 11 is 0. The molecular formula is C29H31N3O3. The van der Waals surface area contributed by atoms with Crippen molar-refractivity contribution in [3.8, 4) is 5.75 Å². The molecule has 2 heterocycles. The molecule has 4 aromatic rings. The van der Waals surface area contributed by atoms with Crippen LogP contribution in [0.2, 0.25) is 0 Å². The molecule has 0 fully saturated rings. The van der Waals surface area contributed by atoms with Crippen LogP contribution in [0.3, 0.4) is 0 Å². The number of rotatable bonds is 8. The number of para-hydroxylation sites is 1. The monoisotopic (exact) mass is 469 g/mol. The third-order valence-electron chi connectivity index (χ3n) is 6.98. The maximum Gasteiger partial charge on any atom is 0.331 e. The quantitative estimate of drug-likeness (QED) is 0.393. The first-order valence-electron chi connectivity index (χ1n) is 12.3. The van der Waals surface area contributed by atoms with E-state index in [1.165, 1.54) is 15.7 Å². The van der Waals surface area contributed by atoms with E-state index in [2.05, 4.69) is 29.2 Å². The number of benzene rings is 3. The predicted molar refractivity (Wildman–Crippen MR) is 139 cm³/mol. The van der Waals surface area contributed by atoms with E-state index < -0.39 is 0 Å². The van der Waals surface area contributed by atoms with Gasteiger partial charge in [0.2, 0.25) is 0 Å². The highest BCUT2D eigenvalue weighted by Gasteiger charge is 2.17. The van der Waals surface area contributed by atoms with Gasteiger partial charge in [0.05, 0.1) is 18.0 Å². The summed E-state index contributed by atoms with van der Waals surface area (Å²) in [4.78, 5) is 29.1. The number of nitrogens with zero attached hydrogens (tertiary/aromatic N) is 3. The number of aryl methyl sites for hydroxylation is 2. The molecule has 1 aromatic heterocycles. The Balaban J connectivity index is 1.34. The van der Waals surface area contributed by atoms with Gasteiger partial charge in [-0.15, -0.1) is 0 Å². The molecule has 35 heavy (non-hydrogen) atoms. The summed E-state index contributed by atoms with van der Waals surface area (Å²) in [5, 5.41) is 0.591. The predicted octanol–water partition coefficient (Wildman–Crippen LogP) is 3.86. The van der Waals surface area contributed by atoms with Gasteiger partial charge < -0.3 is 4.74 Å². The Hall–Kier alpha value is -3.64. The fourth-order valence-electron chi connectivity index (χ4n) is 5.01. The molecule has 0 radical (unpaired) electrons. The van der Waals surface area contributed by atoms with Crippen molar-refractivity contribution in [1.82, 2.24) is 14.0 Å². The maximum absolute atomic E-state index is 13.5. The summed E-state index contributed by atoms with van der Waals surface area (Å²) in [6.45, 7) is 3.72. The van der Waals surface area contributed by atoms with Gasteiger partial charge in [-0.05, 0) is 60.2 Å². The molecule has 0 saturated heterocycles. The van der Waals surface area contributed by atoms with Crippen molar-refractivity contribution < 1.29 is 4.74 Å². The number of hydrogen-bond acceptors (Lipinski definition) is 4. The van der Waals surface area contributed by atoms with Gasteiger partial charge in [0.25, 0.3) is 5.56 Å². The molecule has 6 nitrogen and oxygen atoms in total. The number of hydrogen-bond donors (Lipinski definition) is 0. The minimum absolute atomic E-state index is 0.199. The number of ether oxygens (including phenoxy) is 1. The molecule has 0 amide bonds. The number of aromatic nitrogens is 2. The summed E-state index contributed by atoms with van der Waals surface area (Å²) in [6.07, 6.45) is 2.50. The van der Waals surface area contributed by atoms with Crippen molar-refractivity contribution >= 4 is 10.9 Å². The van der Waals surface area contributed by atoms with Crippen molar-refractivity contribution in [1.29, 1.82) is 0 Å². The molecule has 0 spiro atoms. The minimum Gasteiger partial charge on any atom is -0.497 e. The van der Waals surface area contributed by atoms with Gasteiger partial charge in [0.1, 0.15) is 5.75 Å². The molecule has 0 aliphatic carbocycles. The molecule has 180 valence electrons. The van der Waals surface area contributed by atoms with E-state index in [0.717, 1.165) is 43.8 Å². The van der Waals surface area contributed by atoms with E-state index >= 15 is 0 Å². The topological polar surface area (TPSA) is 56.5 Å². The molecule has 0 bridgehead atoms. The lowest BCUT2D eigenvalue weighted by atomic mass is 10.00. The van der Waals surface area contributed by atoms with Gasteiger partial charge in [0.15, 0.2) is 0 Å². The van der Waals surface area contributed by atoms with Crippen molar-refractivity contribution in [2.75, 3.05) is 20.2 Å². The van der Waals surface area contributed by atoms with E-state index in [1.54, 1.807) is 11.7 Å². The third kappa shape index (κ3) is 4.93. The number of fused-ring (bicyclic) bond motifs is 2. The molecule has 0 unspecified atom stereocenters. The Morgan fingerprint density at radius 2 is 1.54 bits per heavy atom. The van der Waals surface area contributed by atoms with E-state index in [-0.39, 0.29) is 11.2 Å². The van der Waals surface area contributed by atoms with Gasteiger partial charge in [-0.1, -0.05) is 48.5 Å². The van der Waals surface area contributed by atoms with Crippen LogP contribution in [0.25, 0.3) is 10.9 Å². The first kappa shape index (κ1) is 23.1. The average Bonchev–Trinajstić information content (AvgIpc) is 2.91. The molecule has 1 aliphatic rings. The van der Waals surface area contributed by atoms with Crippen LogP contribution in [-0.4, -0.2) is 34.2 Å². The molecule has 0 saturated carbocycles. The zero-order valence-corrected chi connectivity index (χ0v) is 20.2. The fourth-order valence-corrected chi connectivity index (χ4v) is 5.01. The largest absolute Gasteiger partial charge is 0.497 e. The van der Waals surface area contributed by atoms with Crippen molar-refractivity contribution in [3.63, 3.8) is 0 Å². The van der Waals surface area contributed by atoms with E-state index in [0.29, 0.717) is 30.4 Å². The lowest BCUT2D eigenvalue weighted by Crippen LogP contribution is -2.41. The fraction of sp³-hybridized carbons (Fsp3) is 0.310. The molecule has 6 heteroatoms.